The summed E-state index contributed by atoms with van der Waals surface area (Å²) in [5, 5.41) is 61.7. The van der Waals surface area contributed by atoms with E-state index in [0.717, 1.165) is 0 Å². The molecule has 0 saturated carbocycles. The number of aliphatic carboxylic acids is 2. The Morgan fingerprint density at radius 3 is 1.59 bits per heavy atom. The van der Waals surface area contributed by atoms with Crippen LogP contribution in [0.1, 0.15) is 11.1 Å². The fourth-order valence-electron chi connectivity index (χ4n) is 6.24. The van der Waals surface area contributed by atoms with Gasteiger partial charge < -0.3 is 44.8 Å². The lowest BCUT2D eigenvalue weighted by Crippen LogP contribution is -2.25. The summed E-state index contributed by atoms with van der Waals surface area (Å²) < 4.78 is 15.9. The van der Waals surface area contributed by atoms with Crippen LogP contribution in [0.5, 0.6) is 11.5 Å². The molecule has 14 heteroatoms. The Balaban J connectivity index is 1.38. The highest BCUT2D eigenvalue weighted by Crippen LogP contribution is 2.51. The average molecular weight is 665 g/mol. The second kappa shape index (κ2) is 11.0. The molecule has 5 aliphatic rings. The van der Waals surface area contributed by atoms with Crippen molar-refractivity contribution in [2.24, 2.45) is 11.8 Å². The predicted molar refractivity (Wildman–Crippen MR) is 162 cm³/mol. The normalized spacial score (nSPS) is 23.1. The number of benzene rings is 2. The van der Waals surface area contributed by atoms with Gasteiger partial charge in [-0.1, -0.05) is 36.4 Å². The first-order valence-corrected chi connectivity index (χ1v) is 14.3. The third-order valence-electron chi connectivity index (χ3n) is 8.38. The highest BCUT2D eigenvalue weighted by Gasteiger charge is 2.50. The fraction of sp³-hybridized carbons (Fsp3) is 0.0571. The summed E-state index contributed by atoms with van der Waals surface area (Å²) in [6.45, 7) is 0. The second-order valence-corrected chi connectivity index (χ2v) is 11.1. The number of rotatable bonds is 6. The number of hydrogen-bond donors (Lipinski definition) is 6. The SMILES string of the molecule is O=C1OC2=CC=C(C3=C(O)/C(=C(\C(=O)O)c4ccc(O)cc4)OC3=O)C3C=C(C4=C(O)/C(=C(\C(=O)O)c5ccc(O)cc5)OC4=O)C=C1C23. The number of hydrogen-bond acceptors (Lipinski definition) is 12. The van der Waals surface area contributed by atoms with Gasteiger partial charge in [0.25, 0.3) is 0 Å². The summed E-state index contributed by atoms with van der Waals surface area (Å²) in [6.07, 6.45) is 5.38. The van der Waals surface area contributed by atoms with Crippen LogP contribution in [0.3, 0.4) is 0 Å². The van der Waals surface area contributed by atoms with Crippen molar-refractivity contribution in [1.29, 1.82) is 0 Å². The Morgan fingerprint density at radius 1 is 0.592 bits per heavy atom. The van der Waals surface area contributed by atoms with E-state index in [1.165, 1.54) is 72.8 Å². The number of phenols is 2. The van der Waals surface area contributed by atoms with Crippen molar-refractivity contribution >= 4 is 41.0 Å². The first-order valence-electron chi connectivity index (χ1n) is 14.3. The number of carbonyl (C=O) groups is 5. The van der Waals surface area contributed by atoms with Crippen LogP contribution in [0.15, 0.2) is 129 Å². The molecule has 2 atom stereocenters. The molecule has 0 amide bonds. The molecule has 6 N–H and O–H groups in total. The molecule has 2 aromatic rings. The summed E-state index contributed by atoms with van der Waals surface area (Å²) in [4.78, 5) is 64.0. The van der Waals surface area contributed by atoms with Crippen LogP contribution in [0, 0.1) is 11.8 Å². The van der Waals surface area contributed by atoms with Gasteiger partial charge in [-0.05, 0) is 58.7 Å². The Kier molecular flexibility index (Phi) is 6.87. The van der Waals surface area contributed by atoms with Crippen molar-refractivity contribution in [2.75, 3.05) is 0 Å². The van der Waals surface area contributed by atoms with Gasteiger partial charge in [0.2, 0.25) is 0 Å². The van der Waals surface area contributed by atoms with E-state index in [1.807, 2.05) is 0 Å². The van der Waals surface area contributed by atoms with Crippen LogP contribution in [-0.4, -0.2) is 60.5 Å². The fourth-order valence-corrected chi connectivity index (χ4v) is 6.24. The van der Waals surface area contributed by atoms with E-state index in [2.05, 4.69) is 0 Å². The van der Waals surface area contributed by atoms with E-state index in [9.17, 15) is 54.6 Å². The van der Waals surface area contributed by atoms with E-state index in [4.69, 9.17) is 14.2 Å². The number of ether oxygens (including phenoxy) is 3. The monoisotopic (exact) mass is 664 g/mol. The zero-order valence-corrected chi connectivity index (χ0v) is 24.5. The molecule has 49 heavy (non-hydrogen) atoms. The van der Waals surface area contributed by atoms with Gasteiger partial charge in [-0.3, -0.25) is 0 Å². The van der Waals surface area contributed by atoms with Gasteiger partial charge >= 0.3 is 29.8 Å². The summed E-state index contributed by atoms with van der Waals surface area (Å²) in [6, 6.07) is 9.76. The molecule has 0 bridgehead atoms. The van der Waals surface area contributed by atoms with Gasteiger partial charge in [0.05, 0.1) is 5.92 Å². The number of aliphatic hydroxyl groups excluding tert-OH is 2. The average Bonchev–Trinajstić information content (AvgIpc) is 3.64. The predicted octanol–water partition coefficient (Wildman–Crippen LogP) is 3.61. The van der Waals surface area contributed by atoms with Crippen molar-refractivity contribution in [1.82, 2.24) is 0 Å². The molecular weight excluding hydrogens is 644 g/mol. The number of carbonyl (C=O) groups excluding carboxylic acids is 3. The van der Waals surface area contributed by atoms with E-state index < -0.39 is 87.0 Å². The summed E-state index contributed by atoms with van der Waals surface area (Å²) in [7, 11) is 0. The molecule has 3 heterocycles. The maximum absolute atomic E-state index is 13.3. The number of esters is 3. The van der Waals surface area contributed by atoms with Crippen molar-refractivity contribution in [2.45, 2.75) is 0 Å². The van der Waals surface area contributed by atoms with Gasteiger partial charge in [-0.15, -0.1) is 0 Å². The lowest BCUT2D eigenvalue weighted by atomic mass is 9.71. The number of allylic oxidation sites excluding steroid dienone is 5. The van der Waals surface area contributed by atoms with Gasteiger partial charge in [-0.25, -0.2) is 24.0 Å². The van der Waals surface area contributed by atoms with Crippen molar-refractivity contribution in [3.05, 3.63) is 141 Å². The van der Waals surface area contributed by atoms with Crippen LogP contribution in [0.2, 0.25) is 0 Å². The Hall–Kier alpha value is -7.09. The number of cyclic esters (lactones) is 2. The van der Waals surface area contributed by atoms with E-state index in [1.54, 1.807) is 0 Å². The van der Waals surface area contributed by atoms with Crippen LogP contribution < -0.4 is 0 Å². The summed E-state index contributed by atoms with van der Waals surface area (Å²) in [5.41, 5.74) is -2.22. The van der Waals surface area contributed by atoms with Crippen LogP contribution in [0.4, 0.5) is 0 Å². The zero-order valence-electron chi connectivity index (χ0n) is 24.5. The molecule has 0 radical (unpaired) electrons. The molecule has 7 rings (SSSR count). The number of carboxylic acids is 2. The van der Waals surface area contributed by atoms with Gasteiger partial charge in [0, 0.05) is 11.5 Å². The van der Waals surface area contributed by atoms with Gasteiger partial charge in [0.15, 0.2) is 23.0 Å². The first-order chi connectivity index (χ1) is 23.3. The van der Waals surface area contributed by atoms with E-state index >= 15 is 0 Å². The molecule has 2 aliphatic carbocycles. The van der Waals surface area contributed by atoms with Crippen LogP contribution in [-0.2, 0) is 38.2 Å². The third-order valence-corrected chi connectivity index (χ3v) is 8.38. The maximum Gasteiger partial charge on any atom is 0.348 e. The minimum Gasteiger partial charge on any atom is -0.508 e. The maximum atomic E-state index is 13.3. The van der Waals surface area contributed by atoms with Gasteiger partial charge in [0.1, 0.15) is 39.6 Å². The van der Waals surface area contributed by atoms with E-state index in [-0.39, 0.29) is 45.1 Å². The van der Waals surface area contributed by atoms with Crippen molar-refractivity contribution in [3.8, 4) is 11.5 Å². The lowest BCUT2D eigenvalue weighted by Gasteiger charge is -2.29. The number of aromatic hydroxyl groups is 2. The first kappa shape index (κ1) is 30.6. The van der Waals surface area contributed by atoms with Gasteiger partial charge in [-0.2, -0.15) is 0 Å². The zero-order chi connectivity index (χ0) is 34.9. The minimum atomic E-state index is -1.57. The number of aliphatic hydroxyl groups is 2. The quantitative estimate of drug-likeness (QED) is 0.147. The van der Waals surface area contributed by atoms with Crippen molar-refractivity contribution in [3.63, 3.8) is 0 Å². The summed E-state index contributed by atoms with van der Waals surface area (Å²) >= 11 is 0. The number of phenolic OH excluding ortho intramolecular Hbond substituents is 2. The highest BCUT2D eigenvalue weighted by molar-refractivity contribution is 6.19. The molecule has 3 aliphatic heterocycles. The molecule has 2 unspecified atom stereocenters. The molecule has 1 fully saturated rings. The second-order valence-electron chi connectivity index (χ2n) is 11.1. The van der Waals surface area contributed by atoms with E-state index in [0.29, 0.717) is 0 Å². The molecule has 14 nitrogen and oxygen atoms in total. The smallest absolute Gasteiger partial charge is 0.348 e. The Morgan fingerprint density at radius 2 is 1.08 bits per heavy atom. The number of carboxylic acid groups (broad SMARTS) is 2. The molecule has 2 aromatic carbocycles. The largest absolute Gasteiger partial charge is 0.508 e. The van der Waals surface area contributed by atoms with Crippen molar-refractivity contribution < 1.29 is 68.8 Å². The standard InChI is InChI=1S/C35H20O14/c36-16-5-1-13(2-6-16)23(31(40)41)29-27(38)22(34(45)48-29)15-11-19-18(9-10-21-25(19)20(12-15)33(44)47-21)26-28(39)30(49-35(26)46)24(32(42)43)14-3-7-17(37)8-4-14/h1-12,19,25,36-39H,(H,40,41)(H,42,43)/b29-23+,30-24+. The minimum absolute atomic E-state index is 0.000357. The third kappa shape index (κ3) is 4.77. The Labute approximate surface area is 273 Å². The Bertz CT molecular complexity index is 2220. The molecular formula is C35H20O14. The van der Waals surface area contributed by atoms with Crippen LogP contribution in [0.25, 0.3) is 11.1 Å². The molecule has 0 spiro atoms. The lowest BCUT2D eigenvalue weighted by molar-refractivity contribution is -0.134. The molecule has 0 aromatic heterocycles. The topological polar surface area (TPSA) is 234 Å². The molecule has 1 saturated heterocycles. The summed E-state index contributed by atoms with van der Waals surface area (Å²) in [5.74, 6) is -11.4. The van der Waals surface area contributed by atoms with Crippen LogP contribution >= 0.6 is 0 Å². The highest BCUT2D eigenvalue weighted by atomic mass is 16.6. The molecule has 244 valence electrons.